The highest BCUT2D eigenvalue weighted by Crippen LogP contribution is 2.30. The molecule has 0 aliphatic carbocycles. The van der Waals surface area contributed by atoms with Crippen molar-refractivity contribution < 1.29 is 27.6 Å². The highest BCUT2D eigenvalue weighted by atomic mass is 32.2. The predicted molar refractivity (Wildman–Crippen MR) is 121 cm³/mol. The molecule has 0 saturated heterocycles. The van der Waals surface area contributed by atoms with Gasteiger partial charge in [-0.25, -0.2) is 8.42 Å². The van der Waals surface area contributed by atoms with Crippen molar-refractivity contribution >= 4 is 27.3 Å². The van der Waals surface area contributed by atoms with E-state index in [1.807, 2.05) is 12.1 Å². The third-order valence-corrected chi connectivity index (χ3v) is 5.84. The van der Waals surface area contributed by atoms with E-state index in [-0.39, 0.29) is 55.4 Å². The van der Waals surface area contributed by atoms with Crippen LogP contribution in [0, 0.1) is 17.0 Å². The highest BCUT2D eigenvalue weighted by molar-refractivity contribution is 7.92. The Bertz CT molecular complexity index is 1060. The third-order valence-electron chi connectivity index (χ3n) is 4.66. The lowest BCUT2D eigenvalue weighted by atomic mass is 10.1. The number of hydrogen-bond acceptors (Lipinski definition) is 7. The summed E-state index contributed by atoms with van der Waals surface area (Å²) in [4.78, 5) is 22.7. The molecule has 1 amide bonds. The first-order valence-corrected chi connectivity index (χ1v) is 11.7. The van der Waals surface area contributed by atoms with Gasteiger partial charge in [0.2, 0.25) is 15.9 Å². The molecule has 10 nitrogen and oxygen atoms in total. The first-order valence-electron chi connectivity index (χ1n) is 9.89. The summed E-state index contributed by atoms with van der Waals surface area (Å²) in [6.45, 7) is 2.04. The standard InChI is InChI=1S/C21H27N3O7S/c1-16-17(8-6-9-18(16)24(26)27)23(32(3,28)29)14-7-12-21(25)22-13-15-31-20-11-5-4-10-19(20)30-2/h4-6,8-11H,7,12-15H2,1-3H3,(H,22,25). The Labute approximate surface area is 187 Å². The number of nitro benzene ring substituents is 1. The number of hydrogen-bond donors (Lipinski definition) is 1. The van der Waals surface area contributed by atoms with Gasteiger partial charge in [0.25, 0.3) is 5.69 Å². The van der Waals surface area contributed by atoms with Gasteiger partial charge in [-0.05, 0) is 31.5 Å². The first-order chi connectivity index (χ1) is 15.1. The van der Waals surface area contributed by atoms with Crippen molar-refractivity contribution in [2.24, 2.45) is 0 Å². The predicted octanol–water partition coefficient (Wildman–Crippen LogP) is 2.65. The minimum absolute atomic E-state index is 0.0198. The molecule has 0 atom stereocenters. The quantitative estimate of drug-likeness (QED) is 0.290. The average molecular weight is 466 g/mol. The fourth-order valence-electron chi connectivity index (χ4n) is 3.11. The summed E-state index contributed by atoms with van der Waals surface area (Å²) >= 11 is 0. The van der Waals surface area contributed by atoms with Gasteiger partial charge in [0.15, 0.2) is 11.5 Å². The molecule has 0 saturated carbocycles. The van der Waals surface area contributed by atoms with Gasteiger partial charge in [-0.3, -0.25) is 19.2 Å². The molecular formula is C21H27N3O7S. The number of anilines is 1. The number of nitrogens with zero attached hydrogens (tertiary/aromatic N) is 2. The summed E-state index contributed by atoms with van der Waals surface area (Å²) < 4.78 is 36.4. The Morgan fingerprint density at radius 2 is 1.84 bits per heavy atom. The molecule has 32 heavy (non-hydrogen) atoms. The van der Waals surface area contributed by atoms with Crippen LogP contribution in [0.15, 0.2) is 42.5 Å². The zero-order valence-electron chi connectivity index (χ0n) is 18.2. The van der Waals surface area contributed by atoms with E-state index in [2.05, 4.69) is 5.32 Å². The average Bonchev–Trinajstić information content (AvgIpc) is 2.74. The van der Waals surface area contributed by atoms with E-state index in [1.54, 1.807) is 19.2 Å². The molecule has 0 bridgehead atoms. The number of nitro groups is 1. The van der Waals surface area contributed by atoms with E-state index >= 15 is 0 Å². The Morgan fingerprint density at radius 3 is 2.47 bits per heavy atom. The van der Waals surface area contributed by atoms with Crippen molar-refractivity contribution in [3.8, 4) is 11.5 Å². The molecular weight excluding hydrogens is 438 g/mol. The van der Waals surface area contributed by atoms with E-state index in [0.717, 1.165) is 10.6 Å². The molecule has 1 N–H and O–H groups in total. The first kappa shape index (κ1) is 24.9. The van der Waals surface area contributed by atoms with Gasteiger partial charge in [-0.15, -0.1) is 0 Å². The molecule has 0 aliphatic rings. The number of nitrogens with one attached hydrogen (secondary N) is 1. The van der Waals surface area contributed by atoms with Crippen molar-refractivity contribution in [2.75, 3.05) is 37.4 Å². The van der Waals surface area contributed by atoms with Crippen molar-refractivity contribution in [3.63, 3.8) is 0 Å². The number of sulfonamides is 1. The molecule has 174 valence electrons. The molecule has 0 radical (unpaired) electrons. The van der Waals surface area contributed by atoms with Gasteiger partial charge >= 0.3 is 0 Å². The molecule has 2 aromatic rings. The topological polar surface area (TPSA) is 128 Å². The summed E-state index contributed by atoms with van der Waals surface area (Å²) in [6.07, 6.45) is 1.36. The van der Waals surface area contributed by atoms with Crippen LogP contribution in [0.3, 0.4) is 0 Å². The maximum absolute atomic E-state index is 12.3. The normalized spacial score (nSPS) is 11.0. The SMILES string of the molecule is COc1ccccc1OCCNC(=O)CCCN(c1cccc([N+](=O)[O-])c1C)S(C)(=O)=O. The molecule has 0 unspecified atom stereocenters. The number of para-hydroxylation sites is 2. The number of benzene rings is 2. The van der Waals surface area contributed by atoms with Gasteiger partial charge in [0, 0.05) is 19.0 Å². The lowest BCUT2D eigenvalue weighted by Crippen LogP contribution is -2.33. The zero-order valence-corrected chi connectivity index (χ0v) is 19.1. The molecule has 0 aromatic heterocycles. The molecule has 2 aromatic carbocycles. The number of carbonyl (C=O) groups is 1. The van der Waals surface area contributed by atoms with Crippen LogP contribution in [0.25, 0.3) is 0 Å². The van der Waals surface area contributed by atoms with Gasteiger partial charge in [0.1, 0.15) is 6.61 Å². The second-order valence-electron chi connectivity index (χ2n) is 6.97. The molecule has 0 fully saturated rings. The summed E-state index contributed by atoms with van der Waals surface area (Å²) in [5.41, 5.74) is 0.317. The Balaban J connectivity index is 1.87. The van der Waals surface area contributed by atoms with Crippen LogP contribution in [0.5, 0.6) is 11.5 Å². The maximum atomic E-state index is 12.3. The monoisotopic (exact) mass is 465 g/mol. The second-order valence-corrected chi connectivity index (χ2v) is 8.87. The number of ether oxygens (including phenoxy) is 2. The number of carbonyl (C=O) groups excluding carboxylic acids is 1. The Kier molecular flexibility index (Phi) is 8.82. The van der Waals surface area contributed by atoms with E-state index in [0.29, 0.717) is 11.5 Å². The van der Waals surface area contributed by atoms with Gasteiger partial charge in [0.05, 0.1) is 36.1 Å². The largest absolute Gasteiger partial charge is 0.493 e. The molecule has 11 heteroatoms. The minimum atomic E-state index is -3.69. The van der Waals surface area contributed by atoms with Crippen LogP contribution in [0.4, 0.5) is 11.4 Å². The summed E-state index contributed by atoms with van der Waals surface area (Å²) in [5, 5.41) is 13.9. The van der Waals surface area contributed by atoms with E-state index in [4.69, 9.17) is 9.47 Å². The minimum Gasteiger partial charge on any atom is -0.493 e. The van der Waals surface area contributed by atoms with Crippen LogP contribution in [0.2, 0.25) is 0 Å². The van der Waals surface area contributed by atoms with Gasteiger partial charge in [-0.2, -0.15) is 0 Å². The molecule has 0 spiro atoms. The summed E-state index contributed by atoms with van der Waals surface area (Å²) in [5.74, 6) is 0.911. The highest BCUT2D eigenvalue weighted by Gasteiger charge is 2.23. The van der Waals surface area contributed by atoms with E-state index in [9.17, 15) is 23.3 Å². The van der Waals surface area contributed by atoms with Crippen LogP contribution in [-0.2, 0) is 14.8 Å². The fourth-order valence-corrected chi connectivity index (χ4v) is 4.12. The van der Waals surface area contributed by atoms with Crippen molar-refractivity contribution in [1.82, 2.24) is 5.32 Å². The van der Waals surface area contributed by atoms with Crippen LogP contribution in [-0.4, -0.2) is 52.3 Å². The van der Waals surface area contributed by atoms with Crippen molar-refractivity contribution in [3.05, 3.63) is 58.1 Å². The molecule has 0 heterocycles. The van der Waals surface area contributed by atoms with Gasteiger partial charge in [-0.1, -0.05) is 18.2 Å². The second kappa shape index (κ2) is 11.3. The van der Waals surface area contributed by atoms with E-state index < -0.39 is 14.9 Å². The maximum Gasteiger partial charge on any atom is 0.274 e. The summed E-state index contributed by atoms with van der Waals surface area (Å²) in [6, 6.07) is 11.4. The zero-order chi connectivity index (χ0) is 23.7. The van der Waals surface area contributed by atoms with Crippen molar-refractivity contribution in [2.45, 2.75) is 19.8 Å². The Hall–Kier alpha value is -3.34. The van der Waals surface area contributed by atoms with Gasteiger partial charge < -0.3 is 14.8 Å². The molecule has 2 rings (SSSR count). The number of methoxy groups -OCH3 is 1. The molecule has 0 aliphatic heterocycles. The number of rotatable bonds is 12. The lowest BCUT2D eigenvalue weighted by Gasteiger charge is -2.24. The lowest BCUT2D eigenvalue weighted by molar-refractivity contribution is -0.385. The summed E-state index contributed by atoms with van der Waals surface area (Å²) in [7, 11) is -2.15. The number of amides is 1. The van der Waals surface area contributed by atoms with Crippen LogP contribution >= 0.6 is 0 Å². The van der Waals surface area contributed by atoms with E-state index in [1.165, 1.54) is 25.1 Å². The smallest absolute Gasteiger partial charge is 0.274 e. The Morgan fingerprint density at radius 1 is 1.16 bits per heavy atom. The fraction of sp³-hybridized carbons (Fsp3) is 0.381. The van der Waals surface area contributed by atoms with Crippen LogP contribution in [0.1, 0.15) is 18.4 Å². The third kappa shape index (κ3) is 6.84. The van der Waals surface area contributed by atoms with Crippen molar-refractivity contribution in [1.29, 1.82) is 0 Å². The van der Waals surface area contributed by atoms with Crippen LogP contribution < -0.4 is 19.1 Å².